The zero-order chi connectivity index (χ0) is 20.3. The molecule has 1 amide bonds. The number of ether oxygens (including phenoxy) is 1. The van der Waals surface area contributed by atoms with Crippen LogP contribution in [-0.2, 0) is 0 Å². The summed E-state index contributed by atoms with van der Waals surface area (Å²) in [4.78, 5) is 18.4. The number of para-hydroxylation sites is 2. The minimum Gasteiger partial charge on any atom is -0.457 e. The predicted molar refractivity (Wildman–Crippen MR) is 119 cm³/mol. The summed E-state index contributed by atoms with van der Waals surface area (Å²) >= 11 is 1.60. The quantitative estimate of drug-likeness (QED) is 0.380. The van der Waals surface area contributed by atoms with Gasteiger partial charge in [0.1, 0.15) is 11.5 Å². The average molecular weight is 411 g/mol. The van der Waals surface area contributed by atoms with Gasteiger partial charge in [0.15, 0.2) is 4.96 Å². The number of imidazole rings is 1. The maximum Gasteiger partial charge on any atom is 0.259 e. The van der Waals surface area contributed by atoms with Gasteiger partial charge in [-0.1, -0.05) is 42.5 Å². The van der Waals surface area contributed by atoms with Crippen molar-refractivity contribution in [3.05, 3.63) is 102 Å². The van der Waals surface area contributed by atoms with E-state index in [9.17, 15) is 4.79 Å². The lowest BCUT2D eigenvalue weighted by molar-refractivity contribution is 0.102. The molecule has 6 heteroatoms. The van der Waals surface area contributed by atoms with E-state index in [1.165, 1.54) is 0 Å². The number of fused-ring (bicyclic) bond motifs is 1. The van der Waals surface area contributed by atoms with Crippen LogP contribution in [0.1, 0.15) is 10.4 Å². The van der Waals surface area contributed by atoms with Gasteiger partial charge in [-0.3, -0.25) is 9.20 Å². The van der Waals surface area contributed by atoms with Crippen LogP contribution in [0.4, 0.5) is 5.69 Å². The highest BCUT2D eigenvalue weighted by Crippen LogP contribution is 2.27. The number of benzene rings is 3. The molecule has 0 unspecified atom stereocenters. The van der Waals surface area contributed by atoms with Crippen LogP contribution >= 0.6 is 11.3 Å². The van der Waals surface area contributed by atoms with E-state index in [1.54, 1.807) is 23.5 Å². The number of amides is 1. The number of hydrogen-bond acceptors (Lipinski definition) is 4. The molecule has 0 aliphatic heterocycles. The van der Waals surface area contributed by atoms with E-state index in [4.69, 9.17) is 4.74 Å². The summed E-state index contributed by atoms with van der Waals surface area (Å²) in [6, 6.07) is 24.3. The second-order valence-corrected chi connectivity index (χ2v) is 7.53. The first kappa shape index (κ1) is 18.1. The van der Waals surface area contributed by atoms with Crippen LogP contribution in [0, 0.1) is 0 Å². The van der Waals surface area contributed by atoms with Crippen molar-refractivity contribution in [2.45, 2.75) is 0 Å². The molecule has 0 spiro atoms. The fraction of sp³-hybridized carbons (Fsp3) is 0. The molecule has 0 bridgehead atoms. The van der Waals surface area contributed by atoms with Crippen LogP contribution in [0.3, 0.4) is 0 Å². The summed E-state index contributed by atoms with van der Waals surface area (Å²) in [6.07, 6.45) is 3.98. The topological polar surface area (TPSA) is 55.6 Å². The van der Waals surface area contributed by atoms with Crippen LogP contribution in [0.15, 0.2) is 96.6 Å². The molecular weight excluding hydrogens is 394 g/mol. The first-order valence-electron chi connectivity index (χ1n) is 9.42. The zero-order valence-corrected chi connectivity index (χ0v) is 16.7. The largest absolute Gasteiger partial charge is 0.457 e. The third kappa shape index (κ3) is 3.68. The van der Waals surface area contributed by atoms with Crippen molar-refractivity contribution in [2.24, 2.45) is 0 Å². The van der Waals surface area contributed by atoms with Crippen LogP contribution in [0.2, 0.25) is 0 Å². The number of rotatable bonds is 5. The lowest BCUT2D eigenvalue weighted by atomic mass is 10.1. The average Bonchev–Trinajstić information content (AvgIpc) is 3.38. The molecule has 0 fully saturated rings. The Labute approximate surface area is 177 Å². The van der Waals surface area contributed by atoms with Gasteiger partial charge in [-0.2, -0.15) is 0 Å². The molecule has 5 nitrogen and oxygen atoms in total. The molecule has 0 saturated carbocycles. The molecule has 0 aliphatic carbocycles. The maximum absolute atomic E-state index is 12.9. The highest BCUT2D eigenvalue weighted by Gasteiger charge is 2.13. The van der Waals surface area contributed by atoms with Gasteiger partial charge in [0.25, 0.3) is 5.91 Å². The standard InChI is InChI=1S/C24H17N3O2S/c28-23(20-8-4-5-9-22(20)29-19-6-2-1-3-7-19)25-18-12-10-17(11-13-18)21-16-27-14-15-30-24(27)26-21/h1-16H,(H,25,28). The van der Waals surface area contributed by atoms with Gasteiger partial charge in [-0.15, -0.1) is 11.3 Å². The van der Waals surface area contributed by atoms with Crippen LogP contribution in [-0.4, -0.2) is 15.3 Å². The van der Waals surface area contributed by atoms with Crippen molar-refractivity contribution < 1.29 is 9.53 Å². The van der Waals surface area contributed by atoms with Crippen molar-refractivity contribution in [3.8, 4) is 22.8 Å². The number of thiazole rings is 1. The number of anilines is 1. The lowest BCUT2D eigenvalue weighted by Gasteiger charge is -2.11. The van der Waals surface area contributed by atoms with Gasteiger partial charge in [0.2, 0.25) is 0 Å². The van der Waals surface area contributed by atoms with Gasteiger partial charge in [0.05, 0.1) is 11.3 Å². The SMILES string of the molecule is O=C(Nc1ccc(-c2cn3ccsc3n2)cc1)c1ccccc1Oc1ccccc1. The van der Waals surface area contributed by atoms with E-state index in [-0.39, 0.29) is 5.91 Å². The number of carbonyl (C=O) groups is 1. The van der Waals surface area contributed by atoms with E-state index < -0.39 is 0 Å². The van der Waals surface area contributed by atoms with Crippen molar-refractivity contribution >= 4 is 27.9 Å². The van der Waals surface area contributed by atoms with Crippen molar-refractivity contribution in [3.63, 3.8) is 0 Å². The molecule has 2 aromatic heterocycles. The molecule has 0 atom stereocenters. The summed E-state index contributed by atoms with van der Waals surface area (Å²) in [5.41, 5.74) is 3.08. The summed E-state index contributed by atoms with van der Waals surface area (Å²) < 4.78 is 7.90. The molecule has 146 valence electrons. The fourth-order valence-corrected chi connectivity index (χ4v) is 3.85. The number of nitrogens with one attached hydrogen (secondary N) is 1. The molecule has 5 rings (SSSR count). The minimum atomic E-state index is -0.225. The first-order chi connectivity index (χ1) is 14.8. The van der Waals surface area contributed by atoms with Crippen molar-refractivity contribution in [1.82, 2.24) is 9.38 Å². The Kier molecular flexibility index (Phi) is 4.75. The number of hydrogen-bond donors (Lipinski definition) is 1. The smallest absolute Gasteiger partial charge is 0.259 e. The molecular formula is C24H17N3O2S. The number of carbonyl (C=O) groups excluding carboxylic acids is 1. The second kappa shape index (κ2) is 7.85. The van der Waals surface area contributed by atoms with Crippen LogP contribution < -0.4 is 10.1 Å². The summed E-state index contributed by atoms with van der Waals surface area (Å²) in [7, 11) is 0. The molecule has 0 aliphatic rings. The van der Waals surface area contributed by atoms with E-state index in [1.807, 2.05) is 88.9 Å². The van der Waals surface area contributed by atoms with E-state index in [0.717, 1.165) is 16.2 Å². The van der Waals surface area contributed by atoms with Gasteiger partial charge >= 0.3 is 0 Å². The molecule has 30 heavy (non-hydrogen) atoms. The predicted octanol–water partition coefficient (Wildman–Crippen LogP) is 6.11. The van der Waals surface area contributed by atoms with Gasteiger partial charge in [0, 0.05) is 29.0 Å². The molecule has 1 N–H and O–H groups in total. The third-order valence-corrected chi connectivity index (χ3v) is 5.41. The third-order valence-electron chi connectivity index (χ3n) is 4.63. The van der Waals surface area contributed by atoms with E-state index in [2.05, 4.69) is 10.3 Å². The van der Waals surface area contributed by atoms with Crippen LogP contribution in [0.25, 0.3) is 16.2 Å². The number of aromatic nitrogens is 2. The maximum atomic E-state index is 12.9. The van der Waals surface area contributed by atoms with E-state index in [0.29, 0.717) is 22.7 Å². The Bertz CT molecular complexity index is 1280. The summed E-state index contributed by atoms with van der Waals surface area (Å²) in [5, 5.41) is 4.95. The fourth-order valence-electron chi connectivity index (χ4n) is 3.15. The summed E-state index contributed by atoms with van der Waals surface area (Å²) in [6.45, 7) is 0. The highest BCUT2D eigenvalue weighted by molar-refractivity contribution is 7.15. The Morgan fingerprint density at radius 3 is 2.50 bits per heavy atom. The normalized spacial score (nSPS) is 10.8. The summed E-state index contributed by atoms with van der Waals surface area (Å²) in [5.74, 6) is 0.967. The minimum absolute atomic E-state index is 0.225. The van der Waals surface area contributed by atoms with Crippen LogP contribution in [0.5, 0.6) is 11.5 Å². The lowest BCUT2D eigenvalue weighted by Crippen LogP contribution is -2.12. The van der Waals surface area contributed by atoms with Crippen molar-refractivity contribution in [2.75, 3.05) is 5.32 Å². The van der Waals surface area contributed by atoms with Gasteiger partial charge in [-0.05, 0) is 36.4 Å². The monoisotopic (exact) mass is 411 g/mol. The molecule has 3 aromatic carbocycles. The Morgan fingerprint density at radius 2 is 1.70 bits per heavy atom. The Morgan fingerprint density at radius 1 is 0.933 bits per heavy atom. The highest BCUT2D eigenvalue weighted by atomic mass is 32.1. The van der Waals surface area contributed by atoms with Crippen molar-refractivity contribution in [1.29, 1.82) is 0 Å². The van der Waals surface area contributed by atoms with E-state index >= 15 is 0 Å². The second-order valence-electron chi connectivity index (χ2n) is 6.66. The van der Waals surface area contributed by atoms with Gasteiger partial charge in [-0.25, -0.2) is 4.98 Å². The molecule has 0 radical (unpaired) electrons. The van der Waals surface area contributed by atoms with Gasteiger partial charge < -0.3 is 10.1 Å². The Balaban J connectivity index is 1.34. The Hall–Kier alpha value is -3.90. The first-order valence-corrected chi connectivity index (χ1v) is 10.3. The molecule has 0 saturated heterocycles. The zero-order valence-electron chi connectivity index (χ0n) is 15.9. The number of nitrogens with zero attached hydrogens (tertiary/aromatic N) is 2. The molecule has 2 heterocycles. The molecule has 5 aromatic rings.